The Morgan fingerprint density at radius 1 is 1.39 bits per heavy atom. The van der Waals surface area contributed by atoms with Gasteiger partial charge in [0.2, 0.25) is 0 Å². The smallest absolute Gasteiger partial charge is 0.0724 e. The molecular formula is C14H17N3S. The molecule has 1 atom stereocenters. The fourth-order valence-corrected chi connectivity index (χ4v) is 3.49. The third-order valence-electron chi connectivity index (χ3n) is 3.39. The molecule has 0 amide bonds. The number of nitrogens with two attached hydrogens (primary N) is 1. The number of anilines is 2. The van der Waals surface area contributed by atoms with E-state index in [1.807, 2.05) is 23.9 Å². The van der Waals surface area contributed by atoms with Gasteiger partial charge >= 0.3 is 0 Å². The molecule has 0 aliphatic carbocycles. The molecule has 1 unspecified atom stereocenters. The predicted octanol–water partition coefficient (Wildman–Crippen LogP) is 2.76. The molecule has 4 heteroatoms. The Bertz CT molecular complexity index is 570. The molecule has 1 aromatic carbocycles. The summed E-state index contributed by atoms with van der Waals surface area (Å²) in [6, 6.07) is 8.15. The summed E-state index contributed by atoms with van der Waals surface area (Å²) in [6.45, 7) is 4.42. The highest BCUT2D eigenvalue weighted by molar-refractivity contribution is 8.00. The normalized spacial score (nSPS) is 20.3. The second kappa shape index (κ2) is 4.69. The van der Waals surface area contributed by atoms with Gasteiger partial charge in [-0.1, -0.05) is 6.92 Å². The number of benzene rings is 1. The molecule has 0 bridgehead atoms. The highest BCUT2D eigenvalue weighted by atomic mass is 32.2. The van der Waals surface area contributed by atoms with Gasteiger partial charge in [-0.25, -0.2) is 0 Å². The summed E-state index contributed by atoms with van der Waals surface area (Å²) in [6.07, 6.45) is 1.81. The van der Waals surface area contributed by atoms with E-state index in [1.54, 1.807) is 6.20 Å². The quantitative estimate of drug-likeness (QED) is 0.800. The van der Waals surface area contributed by atoms with Crippen molar-refractivity contribution in [1.82, 2.24) is 4.98 Å². The molecule has 1 aliphatic rings. The van der Waals surface area contributed by atoms with Crippen molar-refractivity contribution < 1.29 is 0 Å². The topological polar surface area (TPSA) is 42.2 Å². The van der Waals surface area contributed by atoms with E-state index in [0.29, 0.717) is 5.25 Å². The number of hydrogen-bond acceptors (Lipinski definition) is 4. The second-order valence-electron chi connectivity index (χ2n) is 4.70. The summed E-state index contributed by atoms with van der Waals surface area (Å²) in [5.74, 6) is 1.17. The first-order valence-electron chi connectivity index (χ1n) is 6.25. The third-order valence-corrected chi connectivity index (χ3v) is 4.52. The van der Waals surface area contributed by atoms with Crippen molar-refractivity contribution in [3.8, 4) is 0 Å². The van der Waals surface area contributed by atoms with Gasteiger partial charge in [0.25, 0.3) is 0 Å². The summed E-state index contributed by atoms with van der Waals surface area (Å²) < 4.78 is 0. The summed E-state index contributed by atoms with van der Waals surface area (Å²) in [5.41, 5.74) is 9.29. The Kier molecular flexibility index (Phi) is 3.04. The van der Waals surface area contributed by atoms with Crippen molar-refractivity contribution >= 4 is 34.0 Å². The SMILES string of the molecule is CC1CN(c2ccc3ncccc3c2N)CCS1. The zero-order chi connectivity index (χ0) is 12.5. The number of rotatable bonds is 1. The van der Waals surface area contributed by atoms with Crippen molar-refractivity contribution in [2.24, 2.45) is 0 Å². The van der Waals surface area contributed by atoms with E-state index in [4.69, 9.17) is 5.73 Å². The maximum Gasteiger partial charge on any atom is 0.0724 e. The maximum atomic E-state index is 6.31. The zero-order valence-electron chi connectivity index (χ0n) is 10.5. The molecule has 0 saturated carbocycles. The van der Waals surface area contributed by atoms with Crippen molar-refractivity contribution in [1.29, 1.82) is 0 Å². The molecule has 2 N–H and O–H groups in total. The van der Waals surface area contributed by atoms with Crippen LogP contribution in [0.4, 0.5) is 11.4 Å². The molecule has 0 spiro atoms. The summed E-state index contributed by atoms with van der Waals surface area (Å²) in [5, 5.41) is 1.73. The van der Waals surface area contributed by atoms with Crippen LogP contribution in [0.2, 0.25) is 0 Å². The van der Waals surface area contributed by atoms with Crippen LogP contribution >= 0.6 is 11.8 Å². The Morgan fingerprint density at radius 2 is 2.28 bits per heavy atom. The van der Waals surface area contributed by atoms with Crippen LogP contribution in [0, 0.1) is 0 Å². The lowest BCUT2D eigenvalue weighted by Gasteiger charge is -2.33. The highest BCUT2D eigenvalue weighted by Gasteiger charge is 2.19. The second-order valence-corrected chi connectivity index (χ2v) is 6.24. The minimum Gasteiger partial charge on any atom is -0.396 e. The Balaban J connectivity index is 2.04. The molecule has 1 aromatic heterocycles. The fraction of sp³-hybridized carbons (Fsp3) is 0.357. The van der Waals surface area contributed by atoms with Crippen LogP contribution in [-0.2, 0) is 0 Å². The van der Waals surface area contributed by atoms with E-state index in [-0.39, 0.29) is 0 Å². The molecule has 2 heterocycles. The molecule has 3 nitrogen and oxygen atoms in total. The molecule has 0 radical (unpaired) electrons. The van der Waals surface area contributed by atoms with Crippen LogP contribution in [0.1, 0.15) is 6.92 Å². The van der Waals surface area contributed by atoms with E-state index in [0.717, 1.165) is 35.4 Å². The average Bonchev–Trinajstić information content (AvgIpc) is 2.39. The van der Waals surface area contributed by atoms with Crippen LogP contribution < -0.4 is 10.6 Å². The van der Waals surface area contributed by atoms with Crippen LogP contribution in [-0.4, -0.2) is 29.1 Å². The first-order valence-corrected chi connectivity index (χ1v) is 7.30. The Hall–Kier alpha value is -1.42. The van der Waals surface area contributed by atoms with Crippen LogP contribution in [0.25, 0.3) is 10.9 Å². The number of thioether (sulfide) groups is 1. The van der Waals surface area contributed by atoms with E-state index in [2.05, 4.69) is 28.9 Å². The number of nitrogen functional groups attached to an aromatic ring is 1. The van der Waals surface area contributed by atoms with Gasteiger partial charge in [0.05, 0.1) is 16.9 Å². The average molecular weight is 259 g/mol. The first kappa shape index (κ1) is 11.7. The zero-order valence-corrected chi connectivity index (χ0v) is 11.3. The van der Waals surface area contributed by atoms with Crippen LogP contribution in [0.15, 0.2) is 30.5 Å². The van der Waals surface area contributed by atoms with Crippen molar-refractivity contribution in [2.75, 3.05) is 29.5 Å². The molecule has 1 fully saturated rings. The number of pyridine rings is 1. The van der Waals surface area contributed by atoms with Gasteiger partial charge in [-0.15, -0.1) is 0 Å². The third kappa shape index (κ3) is 2.01. The first-order chi connectivity index (χ1) is 8.75. The molecule has 94 valence electrons. The standard InChI is InChI=1S/C14H17N3S/c1-10-9-17(7-8-18-10)13-5-4-12-11(14(13)15)3-2-6-16-12/h2-6,10H,7-9,15H2,1H3. The van der Waals surface area contributed by atoms with Crippen molar-refractivity contribution in [3.63, 3.8) is 0 Å². The molecule has 1 saturated heterocycles. The van der Waals surface area contributed by atoms with E-state index in [1.165, 1.54) is 5.75 Å². The Labute approximate surface area is 111 Å². The van der Waals surface area contributed by atoms with E-state index < -0.39 is 0 Å². The minimum atomic E-state index is 0.669. The van der Waals surface area contributed by atoms with Gasteiger partial charge in [-0.2, -0.15) is 11.8 Å². The minimum absolute atomic E-state index is 0.669. The highest BCUT2D eigenvalue weighted by Crippen LogP contribution is 2.33. The van der Waals surface area contributed by atoms with E-state index in [9.17, 15) is 0 Å². The number of fused-ring (bicyclic) bond motifs is 1. The van der Waals surface area contributed by atoms with Gasteiger partial charge in [0.1, 0.15) is 0 Å². The van der Waals surface area contributed by atoms with Crippen molar-refractivity contribution in [3.05, 3.63) is 30.5 Å². The number of nitrogens with zero attached hydrogens (tertiary/aromatic N) is 2. The summed E-state index contributed by atoms with van der Waals surface area (Å²) in [7, 11) is 0. The summed E-state index contributed by atoms with van der Waals surface area (Å²) in [4.78, 5) is 6.73. The number of hydrogen-bond donors (Lipinski definition) is 1. The van der Waals surface area contributed by atoms with Crippen LogP contribution in [0.3, 0.4) is 0 Å². The Morgan fingerprint density at radius 3 is 3.11 bits per heavy atom. The molecular weight excluding hydrogens is 242 g/mol. The molecule has 1 aliphatic heterocycles. The molecule has 3 rings (SSSR count). The maximum absolute atomic E-state index is 6.31. The lowest BCUT2D eigenvalue weighted by atomic mass is 10.1. The van der Waals surface area contributed by atoms with Gasteiger partial charge in [0.15, 0.2) is 0 Å². The lowest BCUT2D eigenvalue weighted by molar-refractivity contribution is 0.784. The molecule has 2 aromatic rings. The molecule has 18 heavy (non-hydrogen) atoms. The van der Waals surface area contributed by atoms with Gasteiger partial charge in [0, 0.05) is 35.7 Å². The van der Waals surface area contributed by atoms with Crippen LogP contribution in [0.5, 0.6) is 0 Å². The predicted molar refractivity (Wildman–Crippen MR) is 80.3 cm³/mol. The van der Waals surface area contributed by atoms with Gasteiger partial charge in [-0.3, -0.25) is 4.98 Å². The largest absolute Gasteiger partial charge is 0.396 e. The lowest BCUT2D eigenvalue weighted by Crippen LogP contribution is -2.37. The van der Waals surface area contributed by atoms with Gasteiger partial charge < -0.3 is 10.6 Å². The monoisotopic (exact) mass is 259 g/mol. The fourth-order valence-electron chi connectivity index (χ4n) is 2.48. The summed E-state index contributed by atoms with van der Waals surface area (Å²) >= 11 is 2.03. The van der Waals surface area contributed by atoms with E-state index >= 15 is 0 Å². The number of aromatic nitrogens is 1. The van der Waals surface area contributed by atoms with Gasteiger partial charge in [-0.05, 0) is 24.3 Å². The van der Waals surface area contributed by atoms with Crippen molar-refractivity contribution in [2.45, 2.75) is 12.2 Å².